The third kappa shape index (κ3) is 3.22. The molecule has 1 aromatic carbocycles. The summed E-state index contributed by atoms with van der Waals surface area (Å²) in [6, 6.07) is 5.74. The van der Waals surface area contributed by atoms with Gasteiger partial charge in [-0.3, -0.25) is 14.5 Å². The van der Waals surface area contributed by atoms with Crippen LogP contribution in [0.5, 0.6) is 0 Å². The normalized spacial score (nSPS) is 23.2. The summed E-state index contributed by atoms with van der Waals surface area (Å²) in [6.07, 6.45) is 0.665. The van der Waals surface area contributed by atoms with E-state index in [-0.39, 0.29) is 22.7 Å². The van der Waals surface area contributed by atoms with Crippen LogP contribution < -0.4 is 0 Å². The molecule has 2 aliphatic heterocycles. The zero-order chi connectivity index (χ0) is 17.3. The molecule has 0 aliphatic carbocycles. The number of ketones is 1. The van der Waals surface area contributed by atoms with Crippen LogP contribution in [0.3, 0.4) is 0 Å². The van der Waals surface area contributed by atoms with Gasteiger partial charge in [0.25, 0.3) is 0 Å². The van der Waals surface area contributed by atoms with Gasteiger partial charge in [0.1, 0.15) is 6.04 Å². The largest absolute Gasteiger partial charge is 0.464 e. The molecular weight excluding hydrogens is 332 g/mol. The van der Waals surface area contributed by atoms with Crippen LogP contribution in [-0.4, -0.2) is 68.2 Å². The smallest absolute Gasteiger partial charge is 0.323 e. The molecule has 130 valence electrons. The highest BCUT2D eigenvalue weighted by Crippen LogP contribution is 2.21. The fourth-order valence-electron chi connectivity index (χ4n) is 3.08. The summed E-state index contributed by atoms with van der Waals surface area (Å²) in [5, 5.41) is 0. The molecule has 0 radical (unpaired) electrons. The van der Waals surface area contributed by atoms with Gasteiger partial charge in [0, 0.05) is 38.2 Å². The Kier molecular flexibility index (Phi) is 4.71. The Bertz CT molecular complexity index is 736. The molecule has 2 aliphatic rings. The number of hydrogen-bond donors (Lipinski definition) is 0. The molecule has 0 unspecified atom stereocenters. The maximum atomic E-state index is 12.7. The van der Waals surface area contributed by atoms with Crippen LogP contribution in [0.4, 0.5) is 0 Å². The van der Waals surface area contributed by atoms with Gasteiger partial charge in [0.2, 0.25) is 10.0 Å². The number of sulfonamides is 1. The lowest BCUT2D eigenvalue weighted by Gasteiger charge is -2.35. The maximum Gasteiger partial charge on any atom is 0.323 e. The van der Waals surface area contributed by atoms with Crippen molar-refractivity contribution in [2.45, 2.75) is 24.3 Å². The number of cyclic esters (lactones) is 1. The molecule has 0 aromatic heterocycles. The first-order chi connectivity index (χ1) is 11.4. The van der Waals surface area contributed by atoms with Crippen molar-refractivity contribution in [1.82, 2.24) is 9.21 Å². The van der Waals surface area contributed by atoms with Gasteiger partial charge in [-0.15, -0.1) is 0 Å². The summed E-state index contributed by atoms with van der Waals surface area (Å²) in [4.78, 5) is 25.1. The number of hydrogen-bond acceptors (Lipinski definition) is 6. The molecule has 8 heteroatoms. The van der Waals surface area contributed by atoms with Gasteiger partial charge < -0.3 is 4.74 Å². The topological polar surface area (TPSA) is 84.0 Å². The van der Waals surface area contributed by atoms with Gasteiger partial charge in [-0.2, -0.15) is 4.31 Å². The number of esters is 1. The molecule has 0 N–H and O–H groups in total. The van der Waals surface area contributed by atoms with Gasteiger partial charge in [-0.05, 0) is 19.1 Å². The summed E-state index contributed by atoms with van der Waals surface area (Å²) < 4.78 is 31.8. The summed E-state index contributed by atoms with van der Waals surface area (Å²) in [6.45, 7) is 3.55. The molecule has 0 bridgehead atoms. The summed E-state index contributed by atoms with van der Waals surface area (Å²) >= 11 is 0. The van der Waals surface area contributed by atoms with E-state index in [0.717, 1.165) is 0 Å². The Morgan fingerprint density at radius 3 is 2.25 bits per heavy atom. The number of benzene rings is 1. The molecule has 0 amide bonds. The van der Waals surface area contributed by atoms with Crippen molar-refractivity contribution in [2.24, 2.45) is 0 Å². The van der Waals surface area contributed by atoms with Gasteiger partial charge in [-0.1, -0.05) is 12.1 Å². The van der Waals surface area contributed by atoms with Crippen molar-refractivity contribution in [3.8, 4) is 0 Å². The minimum atomic E-state index is -3.59. The number of carbonyl (C=O) groups is 2. The third-order valence-corrected chi connectivity index (χ3v) is 6.43. The molecular formula is C16H20N2O5S. The van der Waals surface area contributed by atoms with E-state index in [4.69, 9.17) is 4.74 Å². The molecule has 2 heterocycles. The van der Waals surface area contributed by atoms with Crippen molar-refractivity contribution in [1.29, 1.82) is 0 Å². The van der Waals surface area contributed by atoms with E-state index < -0.39 is 10.0 Å². The van der Waals surface area contributed by atoms with Crippen LogP contribution in [0.1, 0.15) is 23.7 Å². The Morgan fingerprint density at radius 2 is 1.75 bits per heavy atom. The quantitative estimate of drug-likeness (QED) is 0.580. The second kappa shape index (κ2) is 6.62. The van der Waals surface area contributed by atoms with Crippen LogP contribution in [0.25, 0.3) is 0 Å². The fourth-order valence-corrected chi connectivity index (χ4v) is 4.51. The zero-order valence-corrected chi connectivity index (χ0v) is 14.3. The number of piperazine rings is 1. The SMILES string of the molecule is CC(=O)c1ccc(S(=O)(=O)N2CCN([C@@H]3CCOC3=O)CC2)cc1. The van der Waals surface area contributed by atoms with Crippen molar-refractivity contribution >= 4 is 21.8 Å². The molecule has 7 nitrogen and oxygen atoms in total. The highest BCUT2D eigenvalue weighted by atomic mass is 32.2. The van der Waals surface area contributed by atoms with E-state index in [1.165, 1.54) is 35.5 Å². The zero-order valence-electron chi connectivity index (χ0n) is 13.5. The Balaban J connectivity index is 1.68. The van der Waals surface area contributed by atoms with Crippen molar-refractivity contribution in [2.75, 3.05) is 32.8 Å². The lowest BCUT2D eigenvalue weighted by atomic mass is 10.2. The van der Waals surface area contributed by atoms with Gasteiger partial charge in [-0.25, -0.2) is 8.42 Å². The standard InChI is InChI=1S/C16H20N2O5S/c1-12(19)13-2-4-14(5-3-13)24(21,22)18-9-7-17(8-10-18)15-6-11-23-16(15)20/h2-5,15H,6-11H2,1H3/t15-/m1/s1. The summed E-state index contributed by atoms with van der Waals surface area (Å²) in [7, 11) is -3.59. The van der Waals surface area contributed by atoms with Crippen molar-refractivity contribution < 1.29 is 22.7 Å². The average Bonchev–Trinajstić information content (AvgIpc) is 3.01. The minimum absolute atomic E-state index is 0.101. The molecule has 2 fully saturated rings. The highest BCUT2D eigenvalue weighted by Gasteiger charge is 2.36. The molecule has 0 spiro atoms. The first kappa shape index (κ1) is 17.1. The fraction of sp³-hybridized carbons (Fsp3) is 0.500. The Hall–Kier alpha value is -1.77. The molecule has 3 rings (SSSR count). The predicted molar refractivity (Wildman–Crippen MR) is 86.1 cm³/mol. The maximum absolute atomic E-state index is 12.7. The monoisotopic (exact) mass is 352 g/mol. The highest BCUT2D eigenvalue weighted by molar-refractivity contribution is 7.89. The van der Waals surface area contributed by atoms with Crippen molar-refractivity contribution in [3.05, 3.63) is 29.8 Å². The summed E-state index contributed by atoms with van der Waals surface area (Å²) in [5.41, 5.74) is 0.485. The third-order valence-electron chi connectivity index (χ3n) is 4.52. The van der Waals surface area contributed by atoms with Crippen LogP contribution in [0, 0.1) is 0 Å². The molecule has 2 saturated heterocycles. The Morgan fingerprint density at radius 1 is 1.12 bits per heavy atom. The molecule has 24 heavy (non-hydrogen) atoms. The minimum Gasteiger partial charge on any atom is -0.464 e. The average molecular weight is 352 g/mol. The lowest BCUT2D eigenvalue weighted by molar-refractivity contribution is -0.142. The van der Waals surface area contributed by atoms with Crippen LogP contribution in [0.15, 0.2) is 29.2 Å². The van der Waals surface area contributed by atoms with Crippen LogP contribution in [0.2, 0.25) is 0 Å². The van der Waals surface area contributed by atoms with Gasteiger partial charge >= 0.3 is 5.97 Å². The second-order valence-corrected chi connectivity index (χ2v) is 7.93. The lowest BCUT2D eigenvalue weighted by Crippen LogP contribution is -2.52. The van der Waals surface area contributed by atoms with E-state index in [0.29, 0.717) is 44.8 Å². The van der Waals surface area contributed by atoms with Crippen LogP contribution >= 0.6 is 0 Å². The second-order valence-electron chi connectivity index (χ2n) is 5.99. The first-order valence-corrected chi connectivity index (χ1v) is 9.35. The van der Waals surface area contributed by atoms with Crippen molar-refractivity contribution in [3.63, 3.8) is 0 Å². The first-order valence-electron chi connectivity index (χ1n) is 7.91. The van der Waals surface area contributed by atoms with Gasteiger partial charge in [0.15, 0.2) is 5.78 Å². The van der Waals surface area contributed by atoms with Gasteiger partial charge in [0.05, 0.1) is 11.5 Å². The van der Waals surface area contributed by atoms with E-state index in [2.05, 4.69) is 0 Å². The molecule has 1 aromatic rings. The van der Waals surface area contributed by atoms with E-state index in [1.54, 1.807) is 0 Å². The van der Waals surface area contributed by atoms with E-state index >= 15 is 0 Å². The Labute approximate surface area is 141 Å². The molecule has 1 atom stereocenters. The number of nitrogens with zero attached hydrogens (tertiary/aromatic N) is 2. The number of Topliss-reactive ketones (excluding diaryl/α,β-unsaturated/α-hetero) is 1. The van der Waals surface area contributed by atoms with E-state index in [9.17, 15) is 18.0 Å². The predicted octanol–water partition coefficient (Wildman–Crippen LogP) is 0.511. The summed E-state index contributed by atoms with van der Waals surface area (Å²) in [5.74, 6) is -0.317. The number of carbonyl (C=O) groups excluding carboxylic acids is 2. The van der Waals surface area contributed by atoms with E-state index in [1.807, 2.05) is 4.90 Å². The number of ether oxygens (including phenoxy) is 1. The molecule has 0 saturated carbocycles. The number of rotatable bonds is 4. The van der Waals surface area contributed by atoms with Crippen LogP contribution in [-0.2, 0) is 19.6 Å².